The topological polar surface area (TPSA) is 44.2 Å². The summed E-state index contributed by atoms with van der Waals surface area (Å²) in [6.07, 6.45) is 5.02. The molecule has 0 aliphatic heterocycles. The molecule has 3 aromatic rings. The highest BCUT2D eigenvalue weighted by atomic mass is 32.1. The second-order valence-corrected chi connectivity index (χ2v) is 7.08. The Kier molecular flexibility index (Phi) is 3.65. The van der Waals surface area contributed by atoms with E-state index in [-0.39, 0.29) is 0 Å². The number of benzene rings is 1. The van der Waals surface area contributed by atoms with Crippen molar-refractivity contribution in [3.05, 3.63) is 41.0 Å². The van der Waals surface area contributed by atoms with Gasteiger partial charge in [0.15, 0.2) is 0 Å². The van der Waals surface area contributed by atoms with Crippen molar-refractivity contribution < 1.29 is 9.47 Å². The first-order chi connectivity index (χ1) is 11.2. The summed E-state index contributed by atoms with van der Waals surface area (Å²) < 4.78 is 11.3. The summed E-state index contributed by atoms with van der Waals surface area (Å²) in [6, 6.07) is 7.60. The highest BCUT2D eigenvalue weighted by Crippen LogP contribution is 2.41. The first kappa shape index (κ1) is 14.5. The molecule has 2 aromatic heterocycles. The quantitative estimate of drug-likeness (QED) is 0.704. The van der Waals surface area contributed by atoms with E-state index in [1.165, 1.54) is 16.9 Å². The third-order valence-corrected chi connectivity index (χ3v) is 5.48. The smallest absolute Gasteiger partial charge is 0.231 e. The molecule has 1 aliphatic rings. The van der Waals surface area contributed by atoms with Gasteiger partial charge in [0.1, 0.15) is 22.7 Å². The summed E-state index contributed by atoms with van der Waals surface area (Å²) in [4.78, 5) is 11.3. The number of aryl methyl sites for hydroxylation is 1. The van der Waals surface area contributed by atoms with Crippen LogP contribution >= 0.6 is 11.3 Å². The zero-order valence-electron chi connectivity index (χ0n) is 13.2. The summed E-state index contributed by atoms with van der Waals surface area (Å²) in [5.41, 5.74) is 1.38. The molecular formula is C18H18N2O2S. The summed E-state index contributed by atoms with van der Waals surface area (Å²) in [7, 11) is 1.65. The van der Waals surface area contributed by atoms with E-state index < -0.39 is 0 Å². The minimum Gasteiger partial charge on any atom is -0.497 e. The van der Waals surface area contributed by atoms with E-state index in [1.54, 1.807) is 24.8 Å². The molecule has 0 saturated heterocycles. The molecule has 0 bridgehead atoms. The number of thiophene rings is 1. The van der Waals surface area contributed by atoms with Gasteiger partial charge in [-0.25, -0.2) is 9.97 Å². The van der Waals surface area contributed by atoms with Gasteiger partial charge >= 0.3 is 0 Å². The van der Waals surface area contributed by atoms with Gasteiger partial charge in [0.25, 0.3) is 0 Å². The fraction of sp³-hybridized carbons (Fsp3) is 0.333. The van der Waals surface area contributed by atoms with Crippen LogP contribution in [0.2, 0.25) is 0 Å². The second-order valence-electron chi connectivity index (χ2n) is 5.99. The number of hydrogen-bond donors (Lipinski definition) is 0. The molecule has 0 spiro atoms. The minimum absolute atomic E-state index is 0.648. The fourth-order valence-electron chi connectivity index (χ4n) is 3.10. The molecule has 0 N–H and O–H groups in total. The molecule has 4 rings (SSSR count). The molecule has 0 fully saturated rings. The molecule has 5 heteroatoms. The van der Waals surface area contributed by atoms with Crippen molar-refractivity contribution in [2.45, 2.75) is 26.2 Å². The van der Waals surface area contributed by atoms with E-state index in [9.17, 15) is 0 Å². The monoisotopic (exact) mass is 326 g/mol. The summed E-state index contributed by atoms with van der Waals surface area (Å²) in [5, 5.41) is 1.09. The van der Waals surface area contributed by atoms with Gasteiger partial charge in [-0.2, -0.15) is 0 Å². The first-order valence-corrected chi connectivity index (χ1v) is 8.63. The van der Waals surface area contributed by atoms with Crippen molar-refractivity contribution >= 4 is 21.6 Å². The van der Waals surface area contributed by atoms with Gasteiger partial charge in [-0.3, -0.25) is 0 Å². The van der Waals surface area contributed by atoms with Crippen LogP contribution in [0.25, 0.3) is 10.2 Å². The van der Waals surface area contributed by atoms with Crippen LogP contribution in [-0.2, 0) is 12.8 Å². The lowest BCUT2D eigenvalue weighted by Gasteiger charge is -2.18. The summed E-state index contributed by atoms with van der Waals surface area (Å²) in [6.45, 7) is 2.31. The van der Waals surface area contributed by atoms with E-state index >= 15 is 0 Å². The Labute approximate surface area is 139 Å². The molecule has 23 heavy (non-hydrogen) atoms. The maximum atomic E-state index is 6.06. The van der Waals surface area contributed by atoms with Crippen molar-refractivity contribution in [1.82, 2.24) is 9.97 Å². The van der Waals surface area contributed by atoms with Crippen molar-refractivity contribution in [2.24, 2.45) is 5.92 Å². The van der Waals surface area contributed by atoms with Crippen LogP contribution in [0.5, 0.6) is 17.4 Å². The number of nitrogens with zero attached hydrogens (tertiary/aromatic N) is 2. The highest BCUT2D eigenvalue weighted by molar-refractivity contribution is 7.18. The van der Waals surface area contributed by atoms with Crippen LogP contribution in [-0.4, -0.2) is 17.1 Å². The Morgan fingerprint density at radius 1 is 1.22 bits per heavy atom. The number of hydrogen-bond acceptors (Lipinski definition) is 5. The lowest BCUT2D eigenvalue weighted by molar-refractivity contribution is 0.408. The van der Waals surface area contributed by atoms with Gasteiger partial charge in [0.05, 0.1) is 12.5 Å². The van der Waals surface area contributed by atoms with Gasteiger partial charge in [-0.1, -0.05) is 13.0 Å². The maximum absolute atomic E-state index is 6.06. The van der Waals surface area contributed by atoms with Crippen LogP contribution < -0.4 is 9.47 Å². The number of rotatable bonds is 3. The van der Waals surface area contributed by atoms with E-state index in [4.69, 9.17) is 9.47 Å². The number of fused-ring (bicyclic) bond motifs is 3. The largest absolute Gasteiger partial charge is 0.497 e. The zero-order chi connectivity index (χ0) is 15.8. The highest BCUT2D eigenvalue weighted by Gasteiger charge is 2.23. The fourth-order valence-corrected chi connectivity index (χ4v) is 4.44. The Hall–Kier alpha value is -2.14. The van der Waals surface area contributed by atoms with E-state index in [0.717, 1.165) is 40.5 Å². The summed E-state index contributed by atoms with van der Waals surface area (Å²) in [5.74, 6) is 2.89. The van der Waals surface area contributed by atoms with E-state index in [1.807, 2.05) is 24.3 Å². The van der Waals surface area contributed by atoms with Crippen LogP contribution in [0.15, 0.2) is 30.6 Å². The molecule has 0 saturated carbocycles. The minimum atomic E-state index is 0.648. The van der Waals surface area contributed by atoms with Crippen LogP contribution in [0.3, 0.4) is 0 Å². The standard InChI is InChI=1S/C18H18N2O2S/c1-11-6-7-14-15(8-11)23-18-16(14)17(19-10-20-18)22-13-5-3-4-12(9-13)21-2/h3-5,9-11H,6-8H2,1-2H3/t11-/m1/s1. The number of aromatic nitrogens is 2. The van der Waals surface area contributed by atoms with Crippen LogP contribution in [0.4, 0.5) is 0 Å². The SMILES string of the molecule is COc1cccc(Oc2ncnc3sc4c(c23)CC[C@@H](C)C4)c1. The molecule has 2 heterocycles. The lowest BCUT2D eigenvalue weighted by atomic mass is 9.89. The van der Waals surface area contributed by atoms with Gasteiger partial charge in [0, 0.05) is 10.9 Å². The molecule has 0 unspecified atom stereocenters. The molecule has 118 valence electrons. The van der Waals surface area contributed by atoms with Gasteiger partial charge in [-0.05, 0) is 42.9 Å². The van der Waals surface area contributed by atoms with Crippen molar-refractivity contribution in [2.75, 3.05) is 7.11 Å². The normalized spacial score (nSPS) is 17.0. The van der Waals surface area contributed by atoms with Gasteiger partial charge in [-0.15, -0.1) is 11.3 Å². The Balaban J connectivity index is 1.78. The molecular weight excluding hydrogens is 308 g/mol. The predicted octanol–water partition coefficient (Wildman–Crippen LogP) is 4.62. The molecule has 1 aromatic carbocycles. The van der Waals surface area contributed by atoms with Crippen molar-refractivity contribution in [3.8, 4) is 17.4 Å². The molecule has 1 atom stereocenters. The predicted molar refractivity (Wildman–Crippen MR) is 91.7 cm³/mol. The Morgan fingerprint density at radius 3 is 2.96 bits per heavy atom. The van der Waals surface area contributed by atoms with E-state index in [0.29, 0.717) is 5.88 Å². The molecule has 0 radical (unpaired) electrons. The second kappa shape index (κ2) is 5.81. The average molecular weight is 326 g/mol. The van der Waals surface area contributed by atoms with Crippen LogP contribution in [0.1, 0.15) is 23.8 Å². The van der Waals surface area contributed by atoms with Crippen molar-refractivity contribution in [3.63, 3.8) is 0 Å². The third-order valence-electron chi connectivity index (χ3n) is 4.31. The zero-order valence-corrected chi connectivity index (χ0v) is 14.0. The maximum Gasteiger partial charge on any atom is 0.231 e. The molecule has 4 nitrogen and oxygen atoms in total. The number of methoxy groups -OCH3 is 1. The van der Waals surface area contributed by atoms with Gasteiger partial charge < -0.3 is 9.47 Å². The molecule has 0 amide bonds. The average Bonchev–Trinajstić information content (AvgIpc) is 2.93. The Bertz CT molecular complexity index is 859. The van der Waals surface area contributed by atoms with Crippen molar-refractivity contribution in [1.29, 1.82) is 0 Å². The lowest BCUT2D eigenvalue weighted by Crippen LogP contribution is -2.08. The van der Waals surface area contributed by atoms with E-state index in [2.05, 4.69) is 16.9 Å². The summed E-state index contributed by atoms with van der Waals surface area (Å²) >= 11 is 1.78. The molecule has 1 aliphatic carbocycles. The van der Waals surface area contributed by atoms with Crippen LogP contribution in [0, 0.1) is 5.92 Å². The van der Waals surface area contributed by atoms with Gasteiger partial charge in [0.2, 0.25) is 5.88 Å². The Morgan fingerprint density at radius 2 is 2.09 bits per heavy atom. The first-order valence-electron chi connectivity index (χ1n) is 7.81. The third kappa shape index (κ3) is 2.65. The number of ether oxygens (including phenoxy) is 2.